The van der Waals surface area contributed by atoms with Crippen LogP contribution in [0.2, 0.25) is 0 Å². The monoisotopic (exact) mass is 807 g/mol. The summed E-state index contributed by atoms with van der Waals surface area (Å²) in [4.78, 5) is 16.6. The Morgan fingerprint density at radius 2 is 1.53 bits per heavy atom. The molecule has 4 aromatic carbocycles. The van der Waals surface area contributed by atoms with Crippen LogP contribution >= 0.6 is 0 Å². The van der Waals surface area contributed by atoms with Crippen LogP contribution in [0.5, 0.6) is 0 Å². The van der Waals surface area contributed by atoms with Gasteiger partial charge in [-0.2, -0.15) is 0 Å². The van der Waals surface area contributed by atoms with Crippen molar-refractivity contribution in [2.75, 3.05) is 0 Å². The zero-order valence-electron chi connectivity index (χ0n) is 29.9. The van der Waals surface area contributed by atoms with Gasteiger partial charge in [0.1, 0.15) is 5.76 Å². The summed E-state index contributed by atoms with van der Waals surface area (Å²) in [6.45, 7) is 20.7. The topological polar surface area (TPSA) is 50.2 Å². The first-order chi connectivity index (χ1) is 21.7. The molecule has 0 aliphatic carbocycles. The van der Waals surface area contributed by atoms with Gasteiger partial charge in [0, 0.05) is 48.9 Å². The summed E-state index contributed by atoms with van der Waals surface area (Å²) < 4.78 is 0. The first kappa shape index (κ1) is 38.1. The largest absolute Gasteiger partial charge is 0.512 e. The van der Waals surface area contributed by atoms with Gasteiger partial charge in [-0.05, 0) is 64.3 Å². The van der Waals surface area contributed by atoms with Gasteiger partial charge in [0.05, 0.1) is 0 Å². The second-order valence-corrected chi connectivity index (χ2v) is 14.7. The smallest absolute Gasteiger partial charge is 0.164 e. The standard InChI is InChI=1S/C30H28N.C13H24O2.Ir/c1-19(2)15-25-18-26(17-24-10-9-21-7-5-6-8-27(21)29(24)25)30-28-12-11-22(20(3)4)16-23(28)13-14-31-30;1-7-12(3,4)10(14)9-11(15)13(5,6)8-2;/h5-14,16,18-20H,15H2,1-4H3;9,14H,7-8H2,1-6H3;/q-1;;/b;10-9-;. The zero-order chi connectivity index (χ0) is 33.8. The molecule has 251 valence electrons. The molecule has 0 atom stereocenters. The van der Waals surface area contributed by atoms with Gasteiger partial charge in [-0.3, -0.25) is 9.78 Å². The van der Waals surface area contributed by atoms with Gasteiger partial charge in [-0.15, -0.1) is 29.1 Å². The Bertz CT molecular complexity index is 1880. The predicted molar refractivity (Wildman–Crippen MR) is 198 cm³/mol. The van der Waals surface area contributed by atoms with Gasteiger partial charge in [-0.1, -0.05) is 129 Å². The molecule has 0 saturated heterocycles. The van der Waals surface area contributed by atoms with Crippen molar-refractivity contribution >= 4 is 38.1 Å². The van der Waals surface area contributed by atoms with Crippen molar-refractivity contribution in [2.24, 2.45) is 16.7 Å². The number of benzene rings is 4. The Morgan fingerprint density at radius 3 is 2.17 bits per heavy atom. The van der Waals surface area contributed by atoms with Crippen LogP contribution in [0, 0.1) is 22.8 Å². The van der Waals surface area contributed by atoms with E-state index in [9.17, 15) is 9.90 Å². The molecule has 0 amide bonds. The quantitative estimate of drug-likeness (QED) is 0.0698. The molecule has 1 heterocycles. The Kier molecular flexibility index (Phi) is 12.7. The molecule has 4 heteroatoms. The van der Waals surface area contributed by atoms with E-state index < -0.39 is 0 Å². The third kappa shape index (κ3) is 8.78. The Balaban J connectivity index is 0.000000322. The number of allylic oxidation sites excluding steroid dienone is 2. The van der Waals surface area contributed by atoms with E-state index in [0.29, 0.717) is 11.8 Å². The van der Waals surface area contributed by atoms with E-state index in [1.807, 2.05) is 47.7 Å². The van der Waals surface area contributed by atoms with Crippen LogP contribution in [0.4, 0.5) is 0 Å². The third-order valence-electron chi connectivity index (χ3n) is 9.57. The molecular formula is C43H52IrNO2-. The normalized spacial score (nSPS) is 12.4. The number of rotatable bonds is 9. The molecule has 0 saturated carbocycles. The van der Waals surface area contributed by atoms with E-state index in [1.165, 1.54) is 49.5 Å². The Hall–Kier alpha value is -3.33. The Labute approximate surface area is 296 Å². The molecule has 0 aliphatic heterocycles. The van der Waals surface area contributed by atoms with E-state index in [2.05, 4.69) is 100 Å². The van der Waals surface area contributed by atoms with Gasteiger partial charge in [0.2, 0.25) is 0 Å². The predicted octanol–water partition coefficient (Wildman–Crippen LogP) is 12.2. The second kappa shape index (κ2) is 15.7. The molecule has 3 nitrogen and oxygen atoms in total. The summed E-state index contributed by atoms with van der Waals surface area (Å²) in [7, 11) is 0. The molecule has 0 spiro atoms. The number of hydrogen-bond acceptors (Lipinski definition) is 3. The van der Waals surface area contributed by atoms with Crippen molar-refractivity contribution in [2.45, 2.75) is 94.4 Å². The molecule has 0 fully saturated rings. The van der Waals surface area contributed by atoms with Crippen LogP contribution in [-0.4, -0.2) is 15.9 Å². The van der Waals surface area contributed by atoms with Crippen LogP contribution in [-0.2, 0) is 31.3 Å². The van der Waals surface area contributed by atoms with E-state index in [4.69, 9.17) is 4.98 Å². The first-order valence-corrected chi connectivity index (χ1v) is 16.9. The molecule has 0 bridgehead atoms. The summed E-state index contributed by atoms with van der Waals surface area (Å²) in [6.07, 6.45) is 5.96. The van der Waals surface area contributed by atoms with Gasteiger partial charge >= 0.3 is 0 Å². The first-order valence-electron chi connectivity index (χ1n) is 16.9. The molecular weight excluding hydrogens is 755 g/mol. The molecule has 47 heavy (non-hydrogen) atoms. The van der Waals surface area contributed by atoms with Gasteiger partial charge in [-0.25, -0.2) is 0 Å². The molecule has 0 aliphatic rings. The van der Waals surface area contributed by atoms with Crippen LogP contribution < -0.4 is 0 Å². The molecule has 1 N–H and O–H groups in total. The number of fused-ring (bicyclic) bond motifs is 4. The summed E-state index contributed by atoms with van der Waals surface area (Å²) in [5, 5.41) is 17.4. The minimum atomic E-state index is -0.377. The van der Waals surface area contributed by atoms with Gasteiger partial charge in [0.15, 0.2) is 5.78 Å². The van der Waals surface area contributed by atoms with Gasteiger partial charge in [0.25, 0.3) is 0 Å². The van der Waals surface area contributed by atoms with E-state index in [0.717, 1.165) is 30.5 Å². The minimum absolute atomic E-state index is 0. The minimum Gasteiger partial charge on any atom is -0.512 e. The van der Waals surface area contributed by atoms with Crippen molar-refractivity contribution in [3.63, 3.8) is 0 Å². The summed E-state index contributed by atoms with van der Waals surface area (Å²) in [6, 6.07) is 28.0. The fourth-order valence-electron chi connectivity index (χ4n) is 5.52. The maximum absolute atomic E-state index is 11.8. The SMILES string of the molecule is CC(C)Cc1cc(-c2nccc3cc(C(C)C)ccc23)[c-]c2ccc3ccccc3c12.CCC(C)(C)C(=O)/C=C(\O)C(C)(C)CC.[Ir]. The van der Waals surface area contributed by atoms with Crippen LogP contribution in [0.25, 0.3) is 43.6 Å². The number of nitrogens with zero attached hydrogens (tertiary/aromatic N) is 1. The molecule has 5 aromatic rings. The van der Waals surface area contributed by atoms with Crippen molar-refractivity contribution in [1.82, 2.24) is 4.98 Å². The average molecular weight is 807 g/mol. The zero-order valence-corrected chi connectivity index (χ0v) is 32.3. The maximum Gasteiger partial charge on any atom is 0.164 e. The van der Waals surface area contributed by atoms with E-state index in [1.54, 1.807) is 0 Å². The van der Waals surface area contributed by atoms with Crippen LogP contribution in [0.15, 0.2) is 84.8 Å². The number of aromatic nitrogens is 1. The number of aliphatic hydroxyl groups is 1. The van der Waals surface area contributed by atoms with Gasteiger partial charge < -0.3 is 5.11 Å². The number of aliphatic hydroxyl groups excluding tert-OH is 1. The van der Waals surface area contributed by atoms with E-state index >= 15 is 0 Å². The Morgan fingerprint density at radius 1 is 0.851 bits per heavy atom. The molecule has 0 unspecified atom stereocenters. The second-order valence-electron chi connectivity index (χ2n) is 14.7. The molecule has 5 rings (SSSR count). The fourth-order valence-corrected chi connectivity index (χ4v) is 5.52. The number of hydrogen-bond donors (Lipinski definition) is 1. The average Bonchev–Trinajstić information content (AvgIpc) is 3.03. The maximum atomic E-state index is 11.8. The fraction of sp³-hybridized carbons (Fsp3) is 0.395. The van der Waals surface area contributed by atoms with Crippen molar-refractivity contribution in [1.29, 1.82) is 0 Å². The van der Waals surface area contributed by atoms with Crippen LogP contribution in [0.1, 0.15) is 99.1 Å². The number of carbonyl (C=O) groups is 1. The summed E-state index contributed by atoms with van der Waals surface area (Å²) in [5.41, 5.74) is 4.17. The van der Waals surface area contributed by atoms with Crippen LogP contribution in [0.3, 0.4) is 0 Å². The molecule has 1 aromatic heterocycles. The number of pyridine rings is 1. The molecule has 1 radical (unpaired) electrons. The number of carbonyl (C=O) groups excluding carboxylic acids is 1. The van der Waals surface area contributed by atoms with Crippen molar-refractivity contribution in [3.05, 3.63) is 102 Å². The third-order valence-corrected chi connectivity index (χ3v) is 9.57. The van der Waals surface area contributed by atoms with Crippen molar-refractivity contribution in [3.8, 4) is 11.3 Å². The summed E-state index contributed by atoms with van der Waals surface area (Å²) >= 11 is 0. The number of ketones is 1. The van der Waals surface area contributed by atoms with Crippen molar-refractivity contribution < 1.29 is 30.0 Å². The summed E-state index contributed by atoms with van der Waals surface area (Å²) in [5.74, 6) is 1.28. The van der Waals surface area contributed by atoms with E-state index in [-0.39, 0.29) is 42.5 Å².